The van der Waals surface area contributed by atoms with Gasteiger partial charge in [0.05, 0.1) is 16.8 Å². The third kappa shape index (κ3) is 5.29. The smallest absolute Gasteiger partial charge is 0.0726 e. The second-order valence-corrected chi connectivity index (χ2v) is 17.8. The van der Waals surface area contributed by atoms with E-state index in [9.17, 15) is 0 Å². The van der Waals surface area contributed by atoms with Crippen molar-refractivity contribution in [1.29, 1.82) is 0 Å². The SMILES string of the molecule is c1ccc(-c2ccccc2N(c2ccc3c(c2)C2(c4ccccc4-c4ccccc4-3)c3ccccc3-c3cc4sc5ccccc5c4cc32)c2ccccc2-c2ccccc2)cc1. The van der Waals surface area contributed by atoms with Gasteiger partial charge in [0.25, 0.3) is 0 Å². The van der Waals surface area contributed by atoms with Crippen LogP contribution in [0.25, 0.3) is 75.8 Å². The molecule has 0 saturated heterocycles. The number of nitrogens with zero attached hydrogens (tertiary/aromatic N) is 1. The number of fused-ring (bicyclic) bond motifs is 15. The van der Waals surface area contributed by atoms with Gasteiger partial charge in [-0.3, -0.25) is 0 Å². The van der Waals surface area contributed by atoms with Crippen LogP contribution in [-0.4, -0.2) is 0 Å². The zero-order valence-corrected chi connectivity index (χ0v) is 35.2. The first-order chi connectivity index (χ1) is 31.3. The van der Waals surface area contributed by atoms with Gasteiger partial charge in [0.15, 0.2) is 0 Å². The number of para-hydroxylation sites is 2. The highest BCUT2D eigenvalue weighted by atomic mass is 32.1. The number of rotatable bonds is 5. The van der Waals surface area contributed by atoms with E-state index < -0.39 is 5.41 Å². The maximum Gasteiger partial charge on any atom is 0.0726 e. The summed E-state index contributed by atoms with van der Waals surface area (Å²) in [6, 6.07) is 88.2. The maximum atomic E-state index is 2.56. The van der Waals surface area contributed by atoms with E-state index in [0.717, 1.165) is 17.1 Å². The van der Waals surface area contributed by atoms with E-state index in [2.05, 4.69) is 241 Å². The molecule has 2 heteroatoms. The van der Waals surface area contributed by atoms with Gasteiger partial charge in [-0.25, -0.2) is 0 Å². The fourth-order valence-corrected chi connectivity index (χ4v) is 12.0. The third-order valence-electron chi connectivity index (χ3n) is 13.5. The van der Waals surface area contributed by atoms with Gasteiger partial charge in [-0.15, -0.1) is 11.3 Å². The first-order valence-electron chi connectivity index (χ1n) is 21.8. The lowest BCUT2D eigenvalue weighted by Gasteiger charge is -2.37. The second kappa shape index (κ2) is 14.1. The minimum Gasteiger partial charge on any atom is -0.309 e. The predicted octanol–water partition coefficient (Wildman–Crippen LogP) is 16.9. The van der Waals surface area contributed by atoms with Gasteiger partial charge < -0.3 is 4.90 Å². The number of hydrogen-bond acceptors (Lipinski definition) is 2. The van der Waals surface area contributed by atoms with Crippen molar-refractivity contribution in [2.75, 3.05) is 4.90 Å². The molecule has 0 radical (unpaired) electrons. The molecule has 13 rings (SSSR count). The van der Waals surface area contributed by atoms with E-state index in [-0.39, 0.29) is 0 Å². The molecular formula is C61H39NS. The van der Waals surface area contributed by atoms with Crippen LogP contribution in [0.2, 0.25) is 0 Å². The first kappa shape index (κ1) is 35.9. The van der Waals surface area contributed by atoms with Gasteiger partial charge in [-0.05, 0) is 109 Å². The van der Waals surface area contributed by atoms with Crippen LogP contribution < -0.4 is 4.90 Å². The van der Waals surface area contributed by atoms with E-state index in [1.165, 1.54) is 98.1 Å². The number of thiophene rings is 1. The molecule has 2 aliphatic rings. The normalized spacial score (nSPS) is 14.4. The highest BCUT2D eigenvalue weighted by Crippen LogP contribution is 2.63. The van der Waals surface area contributed by atoms with E-state index in [0.29, 0.717) is 0 Å². The van der Waals surface area contributed by atoms with Crippen LogP contribution >= 0.6 is 11.3 Å². The minimum atomic E-state index is -0.645. The van der Waals surface area contributed by atoms with Gasteiger partial charge in [0.1, 0.15) is 0 Å². The maximum absolute atomic E-state index is 2.56. The summed E-state index contributed by atoms with van der Waals surface area (Å²) >= 11 is 1.90. The molecule has 294 valence electrons. The Morgan fingerprint density at radius 2 is 0.746 bits per heavy atom. The quantitative estimate of drug-likeness (QED) is 0.167. The molecule has 1 unspecified atom stereocenters. The topological polar surface area (TPSA) is 3.24 Å². The molecule has 10 aromatic carbocycles. The lowest BCUT2D eigenvalue weighted by Crippen LogP contribution is -2.29. The van der Waals surface area contributed by atoms with Crippen LogP contribution in [0.3, 0.4) is 0 Å². The Morgan fingerprint density at radius 3 is 1.37 bits per heavy atom. The molecule has 0 N–H and O–H groups in total. The summed E-state index contributed by atoms with van der Waals surface area (Å²) in [5.41, 5.74) is 20.3. The Morgan fingerprint density at radius 1 is 0.286 bits per heavy atom. The Kier molecular flexibility index (Phi) is 8.06. The van der Waals surface area contributed by atoms with Crippen molar-refractivity contribution >= 4 is 48.6 Å². The fourth-order valence-electron chi connectivity index (χ4n) is 10.9. The highest BCUT2D eigenvalue weighted by Gasteiger charge is 2.50. The molecule has 0 fully saturated rings. The van der Waals surface area contributed by atoms with Crippen molar-refractivity contribution in [3.63, 3.8) is 0 Å². The molecule has 2 aliphatic carbocycles. The molecule has 0 amide bonds. The predicted molar refractivity (Wildman–Crippen MR) is 267 cm³/mol. The average molecular weight is 818 g/mol. The molecule has 0 saturated carbocycles. The zero-order chi connectivity index (χ0) is 41.5. The van der Waals surface area contributed by atoms with Gasteiger partial charge in [-0.2, -0.15) is 0 Å². The molecule has 1 nitrogen and oxygen atoms in total. The lowest BCUT2D eigenvalue weighted by molar-refractivity contribution is 0.776. The molecule has 11 aromatic rings. The van der Waals surface area contributed by atoms with Crippen molar-refractivity contribution in [2.24, 2.45) is 0 Å². The van der Waals surface area contributed by atoms with Gasteiger partial charge in [0.2, 0.25) is 0 Å². The standard InChI is InChI=1S/C61H39NS/c1-3-19-40(20-4-1)43-23-11-16-32-57(43)62(58-33-17-12-24-44(58)41-21-5-2-6-22-41)42-35-36-49-46-26-8-7-25-45(46)47-27-9-14-30-53(47)61(55(49)37-42)54-31-15-10-28-48(54)51-39-60-52(38-56(51)61)50-29-13-18-34-59(50)63-60/h1-39H. The molecule has 1 spiro atoms. The molecule has 0 bridgehead atoms. The lowest BCUT2D eigenvalue weighted by atomic mass is 9.65. The zero-order valence-electron chi connectivity index (χ0n) is 34.4. The molecule has 0 aliphatic heterocycles. The fraction of sp³-hybridized carbons (Fsp3) is 0.0164. The average Bonchev–Trinajstić information content (AvgIpc) is 3.83. The number of hydrogen-bond donors (Lipinski definition) is 0. The van der Waals surface area contributed by atoms with E-state index in [1.54, 1.807) is 0 Å². The molecule has 1 aromatic heterocycles. The number of anilines is 3. The van der Waals surface area contributed by atoms with E-state index >= 15 is 0 Å². The van der Waals surface area contributed by atoms with E-state index in [4.69, 9.17) is 0 Å². The third-order valence-corrected chi connectivity index (χ3v) is 14.6. The summed E-state index contributed by atoms with van der Waals surface area (Å²) in [7, 11) is 0. The first-order valence-corrected chi connectivity index (χ1v) is 22.6. The summed E-state index contributed by atoms with van der Waals surface area (Å²) in [5.74, 6) is 0. The summed E-state index contributed by atoms with van der Waals surface area (Å²) in [6.45, 7) is 0. The summed E-state index contributed by atoms with van der Waals surface area (Å²) in [4.78, 5) is 2.51. The minimum absolute atomic E-state index is 0.645. The van der Waals surface area contributed by atoms with Crippen LogP contribution in [0.4, 0.5) is 17.1 Å². The van der Waals surface area contributed by atoms with Crippen molar-refractivity contribution in [2.45, 2.75) is 5.41 Å². The molecule has 1 atom stereocenters. The second-order valence-electron chi connectivity index (χ2n) is 16.7. The van der Waals surface area contributed by atoms with Crippen molar-refractivity contribution in [1.82, 2.24) is 0 Å². The highest BCUT2D eigenvalue weighted by molar-refractivity contribution is 7.25. The largest absolute Gasteiger partial charge is 0.309 e. The summed E-state index contributed by atoms with van der Waals surface area (Å²) < 4.78 is 2.64. The summed E-state index contributed by atoms with van der Waals surface area (Å²) in [5, 5.41) is 2.63. The van der Waals surface area contributed by atoms with Crippen molar-refractivity contribution in [3.05, 3.63) is 259 Å². The van der Waals surface area contributed by atoms with E-state index in [1.807, 2.05) is 11.3 Å². The van der Waals surface area contributed by atoms with Crippen molar-refractivity contribution in [3.8, 4) is 55.6 Å². The Hall–Kier alpha value is -7.78. The Labute approximate surface area is 371 Å². The van der Waals surface area contributed by atoms with Gasteiger partial charge in [0, 0.05) is 37.0 Å². The molecule has 63 heavy (non-hydrogen) atoms. The van der Waals surface area contributed by atoms with Crippen molar-refractivity contribution < 1.29 is 0 Å². The Balaban J connectivity index is 1.18. The number of benzene rings is 10. The molecule has 1 heterocycles. The van der Waals surface area contributed by atoms with Crippen LogP contribution in [-0.2, 0) is 5.41 Å². The van der Waals surface area contributed by atoms with Crippen LogP contribution in [0.1, 0.15) is 22.3 Å². The van der Waals surface area contributed by atoms with Crippen LogP contribution in [0.15, 0.2) is 237 Å². The molecular weight excluding hydrogens is 779 g/mol. The van der Waals surface area contributed by atoms with Crippen LogP contribution in [0, 0.1) is 0 Å². The van der Waals surface area contributed by atoms with Gasteiger partial charge in [-0.1, -0.05) is 194 Å². The summed E-state index contributed by atoms with van der Waals surface area (Å²) in [6.07, 6.45) is 0. The Bertz CT molecular complexity index is 3500. The monoisotopic (exact) mass is 817 g/mol. The van der Waals surface area contributed by atoms with Gasteiger partial charge >= 0.3 is 0 Å². The van der Waals surface area contributed by atoms with Crippen LogP contribution in [0.5, 0.6) is 0 Å².